The average molecular weight is 319 g/mol. The molecule has 0 amide bonds. The van der Waals surface area contributed by atoms with Gasteiger partial charge < -0.3 is 0 Å². The highest BCUT2D eigenvalue weighted by atomic mass is 32.2. The van der Waals surface area contributed by atoms with Crippen molar-refractivity contribution in [2.45, 2.75) is 25.0 Å². The molecule has 0 bridgehead atoms. The van der Waals surface area contributed by atoms with Gasteiger partial charge in [-0.2, -0.15) is 0 Å². The summed E-state index contributed by atoms with van der Waals surface area (Å²) >= 11 is 0. The molecule has 0 saturated heterocycles. The van der Waals surface area contributed by atoms with E-state index in [9.17, 15) is 12.8 Å². The second-order valence-corrected chi connectivity index (χ2v) is 8.18. The Morgan fingerprint density at radius 2 is 1.73 bits per heavy atom. The highest BCUT2D eigenvalue weighted by Gasteiger charge is 2.40. The molecule has 5 heteroatoms. The van der Waals surface area contributed by atoms with Crippen LogP contribution in [0.25, 0.3) is 0 Å². The highest BCUT2D eigenvalue weighted by molar-refractivity contribution is 7.92. The third-order valence-corrected chi connectivity index (χ3v) is 5.73. The number of halogens is 1. The van der Waals surface area contributed by atoms with Gasteiger partial charge in [0, 0.05) is 12.0 Å². The van der Waals surface area contributed by atoms with Crippen LogP contribution in [0.5, 0.6) is 0 Å². The first-order valence-electron chi connectivity index (χ1n) is 7.14. The molecule has 0 saturated carbocycles. The molecule has 0 atom stereocenters. The second kappa shape index (κ2) is 5.09. The van der Waals surface area contributed by atoms with Gasteiger partial charge in [0.2, 0.25) is 10.0 Å². The fraction of sp³-hybridized carbons (Fsp3) is 0.294. The van der Waals surface area contributed by atoms with Crippen molar-refractivity contribution in [3.63, 3.8) is 0 Å². The van der Waals surface area contributed by atoms with Crippen LogP contribution in [0.2, 0.25) is 0 Å². The Balaban J connectivity index is 1.95. The summed E-state index contributed by atoms with van der Waals surface area (Å²) in [5.74, 6) is -0.494. The summed E-state index contributed by atoms with van der Waals surface area (Å²) in [7, 11) is -3.50. The summed E-state index contributed by atoms with van der Waals surface area (Å²) in [5.41, 5.74) is 2.16. The zero-order valence-corrected chi connectivity index (χ0v) is 13.4. The molecular weight excluding hydrogens is 301 g/mol. The smallest absolute Gasteiger partial charge is 0.239 e. The van der Waals surface area contributed by atoms with E-state index in [1.165, 1.54) is 28.6 Å². The topological polar surface area (TPSA) is 37.4 Å². The Kier molecular flexibility index (Phi) is 3.48. The van der Waals surface area contributed by atoms with E-state index in [2.05, 4.69) is 0 Å². The van der Waals surface area contributed by atoms with Crippen molar-refractivity contribution in [2.75, 3.05) is 10.8 Å². The molecule has 3 nitrogen and oxygen atoms in total. The predicted octanol–water partition coefficient (Wildman–Crippen LogP) is 3.45. The van der Waals surface area contributed by atoms with Gasteiger partial charge in [-0.25, -0.2) is 12.8 Å². The van der Waals surface area contributed by atoms with Gasteiger partial charge in [0.1, 0.15) is 5.82 Å². The van der Waals surface area contributed by atoms with Crippen molar-refractivity contribution < 1.29 is 12.8 Å². The fourth-order valence-electron chi connectivity index (χ4n) is 2.91. The van der Waals surface area contributed by atoms with E-state index in [-0.39, 0.29) is 17.0 Å². The number of anilines is 1. The van der Waals surface area contributed by atoms with Gasteiger partial charge in [0.15, 0.2) is 0 Å². The summed E-state index contributed by atoms with van der Waals surface area (Å²) in [5, 5.41) is 0. The zero-order chi connectivity index (χ0) is 16.0. The molecule has 0 aromatic heterocycles. The molecule has 2 aromatic carbocycles. The number of benzene rings is 2. The summed E-state index contributed by atoms with van der Waals surface area (Å²) in [6, 6.07) is 13.2. The predicted molar refractivity (Wildman–Crippen MR) is 85.8 cm³/mol. The molecular formula is C17H18FNO2S. The monoisotopic (exact) mass is 319 g/mol. The number of hydrogen-bond acceptors (Lipinski definition) is 2. The lowest BCUT2D eigenvalue weighted by Crippen LogP contribution is -2.34. The fourth-order valence-corrected chi connectivity index (χ4v) is 4.66. The number of nitrogens with zero attached hydrogens (tertiary/aromatic N) is 1. The van der Waals surface area contributed by atoms with E-state index in [1.807, 2.05) is 38.1 Å². The zero-order valence-electron chi connectivity index (χ0n) is 12.6. The van der Waals surface area contributed by atoms with Crippen molar-refractivity contribution in [2.24, 2.45) is 0 Å². The molecule has 0 aliphatic carbocycles. The van der Waals surface area contributed by atoms with Gasteiger partial charge in [-0.3, -0.25) is 4.31 Å². The van der Waals surface area contributed by atoms with Gasteiger partial charge in [-0.05, 0) is 29.3 Å². The first kappa shape index (κ1) is 15.0. The Labute approximate surface area is 130 Å². The molecule has 0 unspecified atom stereocenters. The van der Waals surface area contributed by atoms with Gasteiger partial charge in [0.05, 0.1) is 11.4 Å². The van der Waals surface area contributed by atoms with Crippen LogP contribution < -0.4 is 4.31 Å². The Morgan fingerprint density at radius 1 is 1.09 bits per heavy atom. The maximum absolute atomic E-state index is 13.0. The number of para-hydroxylation sites is 1. The van der Waals surface area contributed by atoms with Gasteiger partial charge in [0.25, 0.3) is 0 Å². The average Bonchev–Trinajstić information content (AvgIpc) is 2.75. The van der Waals surface area contributed by atoms with Crippen molar-refractivity contribution in [1.29, 1.82) is 0 Å². The minimum absolute atomic E-state index is 0.127. The molecule has 0 fully saturated rings. The minimum Gasteiger partial charge on any atom is -0.269 e. The van der Waals surface area contributed by atoms with Crippen molar-refractivity contribution >= 4 is 15.7 Å². The Morgan fingerprint density at radius 3 is 2.41 bits per heavy atom. The van der Waals surface area contributed by atoms with Crippen molar-refractivity contribution in [1.82, 2.24) is 0 Å². The highest BCUT2D eigenvalue weighted by Crippen LogP contribution is 2.42. The van der Waals surface area contributed by atoms with E-state index < -0.39 is 10.0 Å². The largest absolute Gasteiger partial charge is 0.269 e. The quantitative estimate of drug-likeness (QED) is 0.869. The molecule has 2 aromatic rings. The number of hydrogen-bond donors (Lipinski definition) is 0. The molecule has 1 heterocycles. The van der Waals surface area contributed by atoms with E-state index in [4.69, 9.17) is 0 Å². The van der Waals surface area contributed by atoms with E-state index in [0.717, 1.165) is 11.3 Å². The number of sulfonamides is 1. The standard InChI is InChI=1S/C17H18FNO2S/c1-17(2)12-19(16-6-4-3-5-15(16)17)22(20,21)11-13-7-9-14(18)10-8-13/h3-10H,11-12H2,1-2H3. The SMILES string of the molecule is CC1(C)CN(S(=O)(=O)Cc2ccc(F)cc2)c2ccccc21. The van der Waals surface area contributed by atoms with Crippen molar-refractivity contribution in [3.05, 3.63) is 65.5 Å². The van der Waals surface area contributed by atoms with E-state index in [1.54, 1.807) is 0 Å². The molecule has 22 heavy (non-hydrogen) atoms. The third-order valence-electron chi connectivity index (χ3n) is 4.04. The summed E-state index contributed by atoms with van der Waals surface area (Å²) in [6.45, 7) is 4.51. The summed E-state index contributed by atoms with van der Waals surface area (Å²) in [4.78, 5) is 0. The second-order valence-electron chi connectivity index (χ2n) is 6.29. The lowest BCUT2D eigenvalue weighted by Gasteiger charge is -2.22. The minimum atomic E-state index is -3.50. The van der Waals surface area contributed by atoms with Gasteiger partial charge >= 0.3 is 0 Å². The molecule has 0 radical (unpaired) electrons. The molecule has 0 N–H and O–H groups in total. The normalized spacial score (nSPS) is 16.6. The van der Waals surface area contributed by atoms with Crippen LogP contribution in [0.1, 0.15) is 25.0 Å². The van der Waals surface area contributed by atoms with Crippen LogP contribution in [0.15, 0.2) is 48.5 Å². The first-order valence-corrected chi connectivity index (χ1v) is 8.75. The Bertz CT molecular complexity index is 798. The molecule has 1 aliphatic heterocycles. The number of fused-ring (bicyclic) bond motifs is 1. The Hall–Kier alpha value is -1.88. The molecule has 1 aliphatic rings. The lowest BCUT2D eigenvalue weighted by atomic mass is 9.87. The maximum Gasteiger partial charge on any atom is 0.239 e. The van der Waals surface area contributed by atoms with Crippen LogP contribution in [0, 0.1) is 5.82 Å². The van der Waals surface area contributed by atoms with Crippen LogP contribution >= 0.6 is 0 Å². The number of rotatable bonds is 3. The summed E-state index contributed by atoms with van der Waals surface area (Å²) in [6.07, 6.45) is 0. The van der Waals surface area contributed by atoms with Crippen LogP contribution in [-0.2, 0) is 21.2 Å². The maximum atomic E-state index is 13.0. The molecule has 116 valence electrons. The summed E-state index contributed by atoms with van der Waals surface area (Å²) < 4.78 is 40.0. The third kappa shape index (κ3) is 2.61. The lowest BCUT2D eigenvalue weighted by molar-refractivity contribution is 0.554. The van der Waals surface area contributed by atoms with Gasteiger partial charge in [-0.1, -0.05) is 44.2 Å². The van der Waals surface area contributed by atoms with Crippen LogP contribution in [0.3, 0.4) is 0 Å². The van der Waals surface area contributed by atoms with Crippen LogP contribution in [-0.4, -0.2) is 15.0 Å². The van der Waals surface area contributed by atoms with Gasteiger partial charge in [-0.15, -0.1) is 0 Å². The van der Waals surface area contributed by atoms with Crippen molar-refractivity contribution in [3.8, 4) is 0 Å². The van der Waals surface area contributed by atoms with Crippen LogP contribution in [0.4, 0.5) is 10.1 Å². The first-order chi connectivity index (χ1) is 10.3. The van der Waals surface area contributed by atoms with E-state index in [0.29, 0.717) is 12.1 Å². The van der Waals surface area contributed by atoms with E-state index >= 15 is 0 Å². The molecule has 3 rings (SSSR count). The molecule has 0 spiro atoms.